The lowest BCUT2D eigenvalue weighted by atomic mass is 9.85. The first-order valence-electron chi connectivity index (χ1n) is 13.5. The molecule has 0 bridgehead atoms. The third-order valence-electron chi connectivity index (χ3n) is 6.44. The predicted molar refractivity (Wildman–Crippen MR) is 147 cm³/mol. The van der Waals surface area contributed by atoms with Crippen LogP contribution in [-0.2, 0) is 11.3 Å². The minimum Gasteiger partial charge on any atom is -0.390 e. The standard InChI is InChI=1S/C13H25N3O.C7H14.C6H8N2.C2H6/c1-16(2)13(17)12(15-10-14)9-8-11-6-4-3-5-7-11;1-7-5-3-2-4-6-7;7-5-6-1-3-8-4-2-6;1-2/h10-12H,3-9H2,1-2H3,(H2,14,15);7H,2-6H2,1H3;1-4H,5,7H2;1-2H3. The van der Waals surface area contributed by atoms with Gasteiger partial charge in [-0.25, -0.2) is 0 Å². The molecule has 0 radical (unpaired) electrons. The first-order chi connectivity index (χ1) is 16.5. The number of pyridine rings is 1. The van der Waals surface area contributed by atoms with E-state index >= 15 is 0 Å². The number of rotatable bonds is 6. The van der Waals surface area contributed by atoms with E-state index in [2.05, 4.69) is 16.9 Å². The summed E-state index contributed by atoms with van der Waals surface area (Å²) in [6, 6.07) is 3.52. The molecule has 1 aromatic heterocycles. The first kappa shape index (κ1) is 32.0. The smallest absolute Gasteiger partial charge is 0.246 e. The lowest BCUT2D eigenvalue weighted by Gasteiger charge is -2.23. The number of aromatic nitrogens is 1. The second-order valence-electron chi connectivity index (χ2n) is 9.43. The van der Waals surface area contributed by atoms with Crippen molar-refractivity contribution in [2.75, 3.05) is 14.1 Å². The molecule has 1 heterocycles. The van der Waals surface area contributed by atoms with Gasteiger partial charge in [-0.15, -0.1) is 0 Å². The maximum Gasteiger partial charge on any atom is 0.246 e. The van der Waals surface area contributed by atoms with Crippen molar-refractivity contribution in [3.8, 4) is 0 Å². The second kappa shape index (κ2) is 21.6. The summed E-state index contributed by atoms with van der Waals surface area (Å²) in [6.45, 7) is 6.96. The Kier molecular flexibility index (Phi) is 20.3. The molecule has 2 aliphatic rings. The van der Waals surface area contributed by atoms with Gasteiger partial charge in [-0.1, -0.05) is 85.0 Å². The molecule has 3 rings (SSSR count). The van der Waals surface area contributed by atoms with E-state index in [0.29, 0.717) is 6.54 Å². The Morgan fingerprint density at radius 3 is 1.97 bits per heavy atom. The minimum absolute atomic E-state index is 0.0579. The van der Waals surface area contributed by atoms with Crippen molar-refractivity contribution in [2.24, 2.45) is 28.3 Å². The van der Waals surface area contributed by atoms with Gasteiger partial charge in [-0.3, -0.25) is 14.8 Å². The van der Waals surface area contributed by atoms with Crippen molar-refractivity contribution < 1.29 is 4.79 Å². The molecule has 0 aliphatic heterocycles. The van der Waals surface area contributed by atoms with Crippen molar-refractivity contribution in [3.63, 3.8) is 0 Å². The summed E-state index contributed by atoms with van der Waals surface area (Å²) in [5.41, 5.74) is 11.8. The largest absolute Gasteiger partial charge is 0.390 e. The Labute approximate surface area is 210 Å². The average Bonchev–Trinajstić information content (AvgIpc) is 2.89. The number of carbonyl (C=O) groups excluding carboxylic acids is 1. The molecule has 1 atom stereocenters. The fourth-order valence-corrected chi connectivity index (χ4v) is 4.36. The van der Waals surface area contributed by atoms with Crippen molar-refractivity contribution in [1.82, 2.24) is 9.88 Å². The van der Waals surface area contributed by atoms with Crippen molar-refractivity contribution in [3.05, 3.63) is 30.1 Å². The summed E-state index contributed by atoms with van der Waals surface area (Å²) < 4.78 is 0. The summed E-state index contributed by atoms with van der Waals surface area (Å²) in [4.78, 5) is 21.4. The second-order valence-corrected chi connectivity index (χ2v) is 9.43. The van der Waals surface area contributed by atoms with Crippen LogP contribution < -0.4 is 11.5 Å². The first-order valence-corrected chi connectivity index (χ1v) is 13.5. The number of hydrogen-bond acceptors (Lipinski definition) is 4. The van der Waals surface area contributed by atoms with E-state index in [1.165, 1.54) is 70.5 Å². The number of nitrogens with zero attached hydrogens (tertiary/aromatic N) is 3. The van der Waals surface area contributed by atoms with Gasteiger partial charge in [0.15, 0.2) is 0 Å². The molecule has 1 amide bonds. The van der Waals surface area contributed by atoms with Gasteiger partial charge in [-0.05, 0) is 42.4 Å². The highest BCUT2D eigenvalue weighted by atomic mass is 16.2. The zero-order chi connectivity index (χ0) is 25.6. The van der Waals surface area contributed by atoms with Crippen LogP contribution in [0.1, 0.15) is 103 Å². The Hall–Kier alpha value is -1.95. The van der Waals surface area contributed by atoms with Crippen LogP contribution in [0.3, 0.4) is 0 Å². The number of nitrogens with two attached hydrogens (primary N) is 2. The highest BCUT2D eigenvalue weighted by molar-refractivity contribution is 5.82. The number of carbonyl (C=O) groups is 1. The van der Waals surface area contributed by atoms with Gasteiger partial charge < -0.3 is 16.4 Å². The maximum absolute atomic E-state index is 11.9. The molecular formula is C28H53N5O. The average molecular weight is 476 g/mol. The highest BCUT2D eigenvalue weighted by Crippen LogP contribution is 2.28. The quantitative estimate of drug-likeness (QED) is 0.393. The summed E-state index contributed by atoms with van der Waals surface area (Å²) in [6.07, 6.45) is 20.8. The predicted octanol–water partition coefficient (Wildman–Crippen LogP) is 5.94. The van der Waals surface area contributed by atoms with Crippen LogP contribution in [0.15, 0.2) is 29.5 Å². The van der Waals surface area contributed by atoms with Gasteiger partial charge >= 0.3 is 0 Å². The van der Waals surface area contributed by atoms with Crippen LogP contribution in [-0.4, -0.2) is 42.3 Å². The lowest BCUT2D eigenvalue weighted by molar-refractivity contribution is -0.130. The molecule has 2 aliphatic carbocycles. The number of aliphatic imine (C=N–C) groups is 1. The Morgan fingerprint density at radius 2 is 1.59 bits per heavy atom. The molecule has 1 aromatic rings. The van der Waals surface area contributed by atoms with Crippen LogP contribution in [0.5, 0.6) is 0 Å². The van der Waals surface area contributed by atoms with Crippen LogP contribution in [0.4, 0.5) is 0 Å². The van der Waals surface area contributed by atoms with E-state index in [1.807, 2.05) is 26.0 Å². The molecule has 6 nitrogen and oxygen atoms in total. The normalized spacial score (nSPS) is 17.2. The number of amides is 1. The Balaban J connectivity index is 0.000000527. The van der Waals surface area contributed by atoms with Crippen molar-refractivity contribution in [2.45, 2.75) is 110 Å². The molecule has 0 aromatic carbocycles. The van der Waals surface area contributed by atoms with Gasteiger partial charge in [0.2, 0.25) is 5.91 Å². The van der Waals surface area contributed by atoms with Gasteiger partial charge in [0, 0.05) is 33.0 Å². The molecule has 196 valence electrons. The fourth-order valence-electron chi connectivity index (χ4n) is 4.36. The maximum atomic E-state index is 11.9. The highest BCUT2D eigenvalue weighted by Gasteiger charge is 2.21. The summed E-state index contributed by atoms with van der Waals surface area (Å²) in [5, 5.41) is 0. The lowest BCUT2D eigenvalue weighted by Crippen LogP contribution is -2.33. The molecule has 0 saturated heterocycles. The molecule has 34 heavy (non-hydrogen) atoms. The molecule has 4 N–H and O–H groups in total. The molecule has 0 spiro atoms. The van der Waals surface area contributed by atoms with E-state index in [-0.39, 0.29) is 11.9 Å². The van der Waals surface area contributed by atoms with Gasteiger partial charge in [-0.2, -0.15) is 0 Å². The van der Waals surface area contributed by atoms with Crippen LogP contribution in [0.25, 0.3) is 0 Å². The van der Waals surface area contributed by atoms with Crippen molar-refractivity contribution in [1.29, 1.82) is 0 Å². The molecule has 2 fully saturated rings. The topological polar surface area (TPSA) is 97.6 Å². The fraction of sp³-hybridized carbons (Fsp3) is 0.750. The van der Waals surface area contributed by atoms with E-state index in [0.717, 1.165) is 30.2 Å². The van der Waals surface area contributed by atoms with Gasteiger partial charge in [0.25, 0.3) is 0 Å². The van der Waals surface area contributed by atoms with E-state index in [4.69, 9.17) is 11.5 Å². The van der Waals surface area contributed by atoms with Crippen LogP contribution >= 0.6 is 0 Å². The third kappa shape index (κ3) is 15.8. The third-order valence-corrected chi connectivity index (χ3v) is 6.44. The van der Waals surface area contributed by atoms with Crippen molar-refractivity contribution >= 4 is 12.2 Å². The Morgan fingerprint density at radius 1 is 1.06 bits per heavy atom. The van der Waals surface area contributed by atoms with Gasteiger partial charge in [0.05, 0.1) is 6.34 Å². The SMILES string of the molecule is CC.CC1CCCCC1.CN(C)C(=O)C(CCC1CCCCC1)N=CN.NCc1ccncc1. The molecule has 1 unspecified atom stereocenters. The van der Waals surface area contributed by atoms with Gasteiger partial charge in [0.1, 0.15) is 6.04 Å². The Bertz CT molecular complexity index is 608. The monoisotopic (exact) mass is 475 g/mol. The zero-order valence-electron chi connectivity index (χ0n) is 22.7. The van der Waals surface area contributed by atoms with E-state index in [9.17, 15) is 4.79 Å². The molecule has 6 heteroatoms. The minimum atomic E-state index is -0.281. The van der Waals surface area contributed by atoms with Crippen LogP contribution in [0, 0.1) is 11.8 Å². The van der Waals surface area contributed by atoms with E-state index in [1.54, 1.807) is 31.4 Å². The zero-order valence-corrected chi connectivity index (χ0v) is 22.7. The summed E-state index contributed by atoms with van der Waals surface area (Å²) >= 11 is 0. The van der Waals surface area contributed by atoms with E-state index < -0.39 is 0 Å². The summed E-state index contributed by atoms with van der Waals surface area (Å²) in [7, 11) is 3.53. The van der Waals surface area contributed by atoms with Crippen LogP contribution in [0.2, 0.25) is 0 Å². The number of hydrogen-bond donors (Lipinski definition) is 2. The molecular weight excluding hydrogens is 422 g/mol. The number of likely N-dealkylation sites (N-methyl/N-ethyl adjacent to an activating group) is 1. The molecule has 2 saturated carbocycles. The summed E-state index contributed by atoms with van der Waals surface area (Å²) in [5.74, 6) is 1.88.